The van der Waals surface area contributed by atoms with E-state index in [0.29, 0.717) is 11.8 Å². The summed E-state index contributed by atoms with van der Waals surface area (Å²) >= 11 is 0. The molecule has 0 bridgehead atoms. The molecule has 7 heteroatoms. The highest BCUT2D eigenvalue weighted by Gasteiger charge is 2.06. The summed E-state index contributed by atoms with van der Waals surface area (Å²) < 4.78 is 6.41. The lowest BCUT2D eigenvalue weighted by atomic mass is 10.4. The normalized spacial score (nSPS) is 10.3. The molecule has 2 aromatic heterocycles. The summed E-state index contributed by atoms with van der Waals surface area (Å²) in [6, 6.07) is 1.73. The van der Waals surface area contributed by atoms with Crippen LogP contribution < -0.4 is 10.5 Å². The van der Waals surface area contributed by atoms with Gasteiger partial charge in [-0.05, 0) is 6.92 Å². The molecule has 0 aliphatic carbocycles. The van der Waals surface area contributed by atoms with Crippen LogP contribution in [-0.4, -0.2) is 31.8 Å². The van der Waals surface area contributed by atoms with Crippen LogP contribution in [0.3, 0.4) is 0 Å². The van der Waals surface area contributed by atoms with Crippen molar-refractivity contribution in [2.45, 2.75) is 6.92 Å². The zero-order chi connectivity index (χ0) is 10.8. The van der Waals surface area contributed by atoms with Crippen molar-refractivity contribution in [1.29, 1.82) is 0 Å². The number of aromatic nitrogens is 5. The van der Waals surface area contributed by atoms with Crippen LogP contribution in [0.25, 0.3) is 5.95 Å². The molecule has 0 amide bonds. The molecule has 0 saturated heterocycles. The third-order valence-corrected chi connectivity index (χ3v) is 1.74. The minimum absolute atomic E-state index is 0.180. The van der Waals surface area contributed by atoms with Crippen LogP contribution in [0.1, 0.15) is 5.69 Å². The minimum atomic E-state index is 0.180. The molecular weight excluding hydrogens is 196 g/mol. The molecule has 0 fully saturated rings. The number of nitrogens with two attached hydrogens (primary N) is 1. The first kappa shape index (κ1) is 9.38. The van der Waals surface area contributed by atoms with Gasteiger partial charge >= 0.3 is 0 Å². The average Bonchev–Trinajstić information content (AvgIpc) is 2.64. The van der Waals surface area contributed by atoms with Gasteiger partial charge in [-0.25, -0.2) is 9.97 Å². The molecule has 2 heterocycles. The molecule has 0 unspecified atom stereocenters. The van der Waals surface area contributed by atoms with Gasteiger partial charge in [-0.2, -0.15) is 9.67 Å². The smallest absolute Gasteiger partial charge is 0.255 e. The molecule has 0 aliphatic heterocycles. The van der Waals surface area contributed by atoms with Gasteiger partial charge in [0.05, 0.1) is 7.11 Å². The van der Waals surface area contributed by atoms with Crippen molar-refractivity contribution in [1.82, 2.24) is 24.7 Å². The maximum Gasteiger partial charge on any atom is 0.255 e. The largest absolute Gasteiger partial charge is 0.481 e. The Morgan fingerprint density at radius 1 is 1.40 bits per heavy atom. The fourth-order valence-electron chi connectivity index (χ4n) is 1.10. The second kappa shape index (κ2) is 3.52. The SMILES string of the molecule is COc1cc(C)nc(-n2cnc(N)n2)n1. The van der Waals surface area contributed by atoms with Crippen molar-refractivity contribution in [3.8, 4) is 11.8 Å². The zero-order valence-electron chi connectivity index (χ0n) is 8.38. The number of rotatable bonds is 2. The molecule has 0 saturated carbocycles. The quantitative estimate of drug-likeness (QED) is 0.741. The summed E-state index contributed by atoms with van der Waals surface area (Å²) in [7, 11) is 1.54. The van der Waals surface area contributed by atoms with E-state index in [4.69, 9.17) is 10.5 Å². The number of aryl methyl sites for hydroxylation is 1. The van der Waals surface area contributed by atoms with Gasteiger partial charge < -0.3 is 10.5 Å². The summed E-state index contributed by atoms with van der Waals surface area (Å²) in [6.45, 7) is 1.84. The monoisotopic (exact) mass is 206 g/mol. The second-order valence-electron chi connectivity index (χ2n) is 2.90. The standard InChI is InChI=1S/C8H10N6O/c1-5-3-6(15-2)12-8(11-5)14-4-10-7(9)13-14/h3-4H,1-2H3,(H2,9,13). The molecular formula is C8H10N6O. The van der Waals surface area contributed by atoms with E-state index in [2.05, 4.69) is 20.1 Å². The molecule has 2 N–H and O–H groups in total. The van der Waals surface area contributed by atoms with Gasteiger partial charge in [0.1, 0.15) is 6.33 Å². The Morgan fingerprint density at radius 2 is 2.20 bits per heavy atom. The lowest BCUT2D eigenvalue weighted by Gasteiger charge is -2.03. The maximum absolute atomic E-state index is 5.39. The molecule has 0 radical (unpaired) electrons. The molecule has 15 heavy (non-hydrogen) atoms. The van der Waals surface area contributed by atoms with Gasteiger partial charge in [0.2, 0.25) is 11.8 Å². The number of hydrogen-bond acceptors (Lipinski definition) is 6. The first-order chi connectivity index (χ1) is 7.19. The van der Waals surface area contributed by atoms with Crippen LogP contribution in [0.15, 0.2) is 12.4 Å². The molecule has 78 valence electrons. The molecule has 0 aromatic carbocycles. The van der Waals surface area contributed by atoms with Crippen LogP contribution in [0.5, 0.6) is 5.88 Å². The van der Waals surface area contributed by atoms with Gasteiger partial charge in [0.15, 0.2) is 0 Å². The number of hydrogen-bond donors (Lipinski definition) is 1. The van der Waals surface area contributed by atoms with Crippen LogP contribution in [-0.2, 0) is 0 Å². The van der Waals surface area contributed by atoms with Crippen molar-refractivity contribution >= 4 is 5.95 Å². The van der Waals surface area contributed by atoms with Crippen molar-refractivity contribution < 1.29 is 4.74 Å². The number of anilines is 1. The van der Waals surface area contributed by atoms with Crippen LogP contribution in [0.2, 0.25) is 0 Å². The Kier molecular flexibility index (Phi) is 2.20. The third kappa shape index (κ3) is 1.85. The van der Waals surface area contributed by atoms with Crippen LogP contribution in [0.4, 0.5) is 5.95 Å². The van der Waals surface area contributed by atoms with E-state index < -0.39 is 0 Å². The third-order valence-electron chi connectivity index (χ3n) is 1.74. The van der Waals surface area contributed by atoms with E-state index in [1.165, 1.54) is 11.0 Å². The molecule has 7 nitrogen and oxygen atoms in total. The Bertz CT molecular complexity index is 480. The molecule has 0 aliphatic rings. The van der Waals surface area contributed by atoms with E-state index in [1.54, 1.807) is 13.2 Å². The summed E-state index contributed by atoms with van der Waals surface area (Å²) in [5.41, 5.74) is 6.18. The predicted molar refractivity (Wildman–Crippen MR) is 52.7 cm³/mol. The molecule has 0 atom stereocenters. The molecule has 2 rings (SSSR count). The van der Waals surface area contributed by atoms with E-state index >= 15 is 0 Å². The highest BCUT2D eigenvalue weighted by Crippen LogP contribution is 2.10. The Balaban J connectivity index is 2.48. The highest BCUT2D eigenvalue weighted by molar-refractivity contribution is 5.23. The summed E-state index contributed by atoms with van der Waals surface area (Å²) in [6.07, 6.45) is 1.45. The van der Waals surface area contributed by atoms with Gasteiger partial charge in [0, 0.05) is 11.8 Å². The number of methoxy groups -OCH3 is 1. The fraction of sp³-hybridized carbons (Fsp3) is 0.250. The fourth-order valence-corrected chi connectivity index (χ4v) is 1.10. The Labute approximate surface area is 85.9 Å². The van der Waals surface area contributed by atoms with Gasteiger partial charge in [-0.1, -0.05) is 0 Å². The number of ether oxygens (including phenoxy) is 1. The van der Waals surface area contributed by atoms with E-state index in [0.717, 1.165) is 5.69 Å². The maximum atomic E-state index is 5.39. The van der Waals surface area contributed by atoms with Crippen LogP contribution >= 0.6 is 0 Å². The minimum Gasteiger partial charge on any atom is -0.481 e. The van der Waals surface area contributed by atoms with Gasteiger partial charge in [-0.3, -0.25) is 0 Å². The van der Waals surface area contributed by atoms with Crippen molar-refractivity contribution in [3.05, 3.63) is 18.1 Å². The second-order valence-corrected chi connectivity index (χ2v) is 2.90. The summed E-state index contributed by atoms with van der Waals surface area (Å²) in [4.78, 5) is 12.1. The first-order valence-electron chi connectivity index (χ1n) is 4.26. The Hall–Kier alpha value is -2.18. The van der Waals surface area contributed by atoms with Crippen molar-refractivity contribution in [2.24, 2.45) is 0 Å². The zero-order valence-corrected chi connectivity index (χ0v) is 8.38. The van der Waals surface area contributed by atoms with Gasteiger partial charge in [-0.15, -0.1) is 5.10 Å². The highest BCUT2D eigenvalue weighted by atomic mass is 16.5. The average molecular weight is 206 g/mol. The van der Waals surface area contributed by atoms with Gasteiger partial charge in [0.25, 0.3) is 5.95 Å². The lowest BCUT2D eigenvalue weighted by Crippen LogP contribution is -2.04. The number of nitrogens with zero attached hydrogens (tertiary/aromatic N) is 5. The summed E-state index contributed by atoms with van der Waals surface area (Å²) in [5, 5.41) is 3.90. The Morgan fingerprint density at radius 3 is 2.80 bits per heavy atom. The lowest BCUT2D eigenvalue weighted by molar-refractivity contribution is 0.395. The van der Waals surface area contributed by atoms with Crippen molar-refractivity contribution in [3.63, 3.8) is 0 Å². The van der Waals surface area contributed by atoms with Crippen molar-refractivity contribution in [2.75, 3.05) is 12.8 Å². The first-order valence-corrected chi connectivity index (χ1v) is 4.26. The van der Waals surface area contributed by atoms with E-state index in [1.807, 2.05) is 6.92 Å². The molecule has 2 aromatic rings. The topological polar surface area (TPSA) is 91.7 Å². The summed E-state index contributed by atoms with van der Waals surface area (Å²) in [5.74, 6) is 1.04. The predicted octanol–water partition coefficient (Wildman–Crippen LogP) is -0.0435. The molecule has 0 spiro atoms. The van der Waals surface area contributed by atoms with Crippen LogP contribution in [0, 0.1) is 6.92 Å². The van der Waals surface area contributed by atoms with E-state index in [9.17, 15) is 0 Å². The number of nitrogen functional groups attached to an aromatic ring is 1. The van der Waals surface area contributed by atoms with E-state index in [-0.39, 0.29) is 5.95 Å².